The first-order chi connectivity index (χ1) is 9.85. The summed E-state index contributed by atoms with van der Waals surface area (Å²) in [6.07, 6.45) is -0.245. The third kappa shape index (κ3) is 5.07. The van der Waals surface area contributed by atoms with Gasteiger partial charge in [0.2, 0.25) is 0 Å². The molecule has 7 nitrogen and oxygen atoms in total. The van der Waals surface area contributed by atoms with Crippen LogP contribution in [0.5, 0.6) is 5.75 Å². The molecular weight excluding hydrogens is 346 g/mol. The minimum Gasteiger partial charge on any atom is -0.507 e. The van der Waals surface area contributed by atoms with E-state index in [2.05, 4.69) is 26.0 Å². The number of aliphatic carboxylic acids is 1. The van der Waals surface area contributed by atoms with Crippen LogP contribution >= 0.6 is 15.9 Å². The van der Waals surface area contributed by atoms with Crippen molar-refractivity contribution in [3.63, 3.8) is 0 Å². The maximum Gasteiger partial charge on any atom is 0.326 e. The Bertz CT molecular complexity index is 560. The first-order valence-corrected chi connectivity index (χ1v) is 6.73. The van der Waals surface area contributed by atoms with Gasteiger partial charge in [-0.1, -0.05) is 15.9 Å². The number of benzene rings is 1. The van der Waals surface area contributed by atoms with Crippen LogP contribution < -0.4 is 5.32 Å². The number of methoxy groups -OCH3 is 1. The number of carboxylic acids is 1. The van der Waals surface area contributed by atoms with Crippen LogP contribution in [-0.2, 0) is 14.3 Å². The molecule has 0 aliphatic heterocycles. The van der Waals surface area contributed by atoms with Crippen LogP contribution in [0.25, 0.3) is 0 Å². The first-order valence-electron chi connectivity index (χ1n) is 5.94. The SMILES string of the molecule is COC(=O)CC[C@@H](NC(=O)c1ccc(Br)cc1O)C(=O)O. The molecule has 114 valence electrons. The van der Waals surface area contributed by atoms with E-state index in [0.29, 0.717) is 4.47 Å². The summed E-state index contributed by atoms with van der Waals surface area (Å²) < 4.78 is 4.99. The zero-order valence-corrected chi connectivity index (χ0v) is 12.7. The summed E-state index contributed by atoms with van der Waals surface area (Å²) in [7, 11) is 1.19. The Labute approximate surface area is 129 Å². The normalized spacial score (nSPS) is 11.5. The molecule has 0 aromatic heterocycles. The Morgan fingerprint density at radius 3 is 2.57 bits per heavy atom. The summed E-state index contributed by atoms with van der Waals surface area (Å²) in [4.78, 5) is 34.0. The highest BCUT2D eigenvalue weighted by atomic mass is 79.9. The number of esters is 1. The number of carbonyl (C=O) groups is 3. The highest BCUT2D eigenvalue weighted by Gasteiger charge is 2.23. The Balaban J connectivity index is 2.76. The maximum atomic E-state index is 11.9. The number of phenols is 1. The van der Waals surface area contributed by atoms with Gasteiger partial charge in [0.25, 0.3) is 5.91 Å². The average Bonchev–Trinajstić information content (AvgIpc) is 2.42. The molecule has 0 saturated heterocycles. The Morgan fingerprint density at radius 2 is 2.05 bits per heavy atom. The van der Waals surface area contributed by atoms with Gasteiger partial charge >= 0.3 is 11.9 Å². The molecule has 0 spiro atoms. The van der Waals surface area contributed by atoms with Gasteiger partial charge in [-0.15, -0.1) is 0 Å². The molecule has 0 bridgehead atoms. The van der Waals surface area contributed by atoms with Crippen molar-refractivity contribution in [2.75, 3.05) is 7.11 Å². The molecule has 1 rings (SSSR count). The number of nitrogens with one attached hydrogen (secondary N) is 1. The van der Waals surface area contributed by atoms with Crippen LogP contribution in [0.3, 0.4) is 0 Å². The second-order valence-corrected chi connectivity index (χ2v) is 5.06. The summed E-state index contributed by atoms with van der Waals surface area (Å²) in [5.41, 5.74) is -0.0532. The van der Waals surface area contributed by atoms with Crippen molar-refractivity contribution < 1.29 is 29.3 Å². The summed E-state index contributed by atoms with van der Waals surface area (Å²) in [6, 6.07) is 2.96. The standard InChI is InChI=1S/C13H14BrNO6/c1-21-11(17)5-4-9(13(19)20)15-12(18)8-3-2-7(14)6-10(8)16/h2-3,6,9,16H,4-5H2,1H3,(H,15,18)(H,19,20)/t9-/m1/s1. The van der Waals surface area contributed by atoms with E-state index < -0.39 is 23.9 Å². The maximum absolute atomic E-state index is 11.9. The summed E-state index contributed by atoms with van der Waals surface area (Å²) >= 11 is 3.13. The van der Waals surface area contributed by atoms with Gasteiger partial charge in [-0.05, 0) is 24.6 Å². The number of aromatic hydroxyl groups is 1. The van der Waals surface area contributed by atoms with Crippen molar-refractivity contribution >= 4 is 33.8 Å². The number of phenolic OH excluding ortho intramolecular Hbond substituents is 1. The first kappa shape index (κ1) is 17.0. The number of ether oxygens (including phenoxy) is 1. The fourth-order valence-electron chi connectivity index (χ4n) is 1.55. The van der Waals surface area contributed by atoms with Crippen LogP contribution in [0.4, 0.5) is 0 Å². The molecule has 3 N–H and O–H groups in total. The Hall–Kier alpha value is -2.09. The second-order valence-electron chi connectivity index (χ2n) is 4.14. The number of hydrogen-bond acceptors (Lipinski definition) is 5. The molecule has 1 aromatic rings. The van der Waals surface area contributed by atoms with Gasteiger partial charge in [-0.2, -0.15) is 0 Å². The largest absolute Gasteiger partial charge is 0.507 e. The van der Waals surface area contributed by atoms with Crippen molar-refractivity contribution in [3.8, 4) is 5.75 Å². The molecular formula is C13H14BrNO6. The van der Waals surface area contributed by atoms with Gasteiger partial charge in [0.15, 0.2) is 0 Å². The molecule has 0 heterocycles. The van der Waals surface area contributed by atoms with Crippen LogP contribution in [0.1, 0.15) is 23.2 Å². The highest BCUT2D eigenvalue weighted by Crippen LogP contribution is 2.22. The number of halogens is 1. The smallest absolute Gasteiger partial charge is 0.326 e. The van der Waals surface area contributed by atoms with Gasteiger partial charge in [-0.3, -0.25) is 9.59 Å². The molecule has 1 amide bonds. The lowest BCUT2D eigenvalue weighted by atomic mass is 10.1. The lowest BCUT2D eigenvalue weighted by Crippen LogP contribution is -2.41. The van der Waals surface area contributed by atoms with Crippen LogP contribution in [-0.4, -0.2) is 41.2 Å². The number of hydrogen-bond donors (Lipinski definition) is 3. The highest BCUT2D eigenvalue weighted by molar-refractivity contribution is 9.10. The van der Waals surface area contributed by atoms with E-state index in [1.54, 1.807) is 6.07 Å². The molecule has 1 atom stereocenters. The van der Waals surface area contributed by atoms with Crippen LogP contribution in [0.2, 0.25) is 0 Å². The molecule has 0 radical (unpaired) electrons. The van der Waals surface area contributed by atoms with Crippen LogP contribution in [0, 0.1) is 0 Å². The van der Waals surface area contributed by atoms with Crippen molar-refractivity contribution in [1.29, 1.82) is 0 Å². The van der Waals surface area contributed by atoms with Crippen molar-refractivity contribution in [3.05, 3.63) is 28.2 Å². The average molecular weight is 360 g/mol. The fraction of sp³-hybridized carbons (Fsp3) is 0.308. The zero-order chi connectivity index (χ0) is 16.0. The van der Waals surface area contributed by atoms with Crippen molar-refractivity contribution in [2.45, 2.75) is 18.9 Å². The van der Waals surface area contributed by atoms with E-state index in [-0.39, 0.29) is 24.2 Å². The molecule has 8 heteroatoms. The number of carboxylic acid groups (broad SMARTS) is 1. The van der Waals surface area contributed by atoms with E-state index in [1.807, 2.05) is 0 Å². The van der Waals surface area contributed by atoms with E-state index in [4.69, 9.17) is 5.11 Å². The van der Waals surface area contributed by atoms with E-state index in [9.17, 15) is 19.5 Å². The van der Waals surface area contributed by atoms with Crippen molar-refractivity contribution in [1.82, 2.24) is 5.32 Å². The van der Waals surface area contributed by atoms with Gasteiger partial charge in [0.05, 0.1) is 12.7 Å². The molecule has 0 saturated carbocycles. The molecule has 0 aliphatic rings. The third-order valence-corrected chi connectivity index (χ3v) is 3.17. The lowest BCUT2D eigenvalue weighted by Gasteiger charge is -2.14. The number of amides is 1. The minimum absolute atomic E-state index is 0.0532. The Morgan fingerprint density at radius 1 is 1.38 bits per heavy atom. The molecule has 0 fully saturated rings. The topological polar surface area (TPSA) is 113 Å². The summed E-state index contributed by atoms with van der Waals surface area (Å²) in [5.74, 6) is -2.86. The number of carbonyl (C=O) groups excluding carboxylic acids is 2. The van der Waals surface area contributed by atoms with Gasteiger partial charge in [-0.25, -0.2) is 4.79 Å². The molecule has 21 heavy (non-hydrogen) atoms. The zero-order valence-electron chi connectivity index (χ0n) is 11.1. The minimum atomic E-state index is -1.27. The third-order valence-electron chi connectivity index (χ3n) is 2.67. The Kier molecular flexibility index (Phi) is 6.16. The van der Waals surface area contributed by atoms with Gasteiger partial charge in [0, 0.05) is 10.9 Å². The fourth-order valence-corrected chi connectivity index (χ4v) is 1.90. The predicted molar refractivity (Wildman–Crippen MR) is 75.9 cm³/mol. The van der Waals surface area contributed by atoms with Gasteiger partial charge < -0.3 is 20.3 Å². The van der Waals surface area contributed by atoms with Crippen molar-refractivity contribution in [2.24, 2.45) is 0 Å². The van der Waals surface area contributed by atoms with E-state index in [0.717, 1.165) is 0 Å². The van der Waals surface area contributed by atoms with E-state index >= 15 is 0 Å². The number of rotatable bonds is 6. The van der Waals surface area contributed by atoms with Crippen LogP contribution in [0.15, 0.2) is 22.7 Å². The summed E-state index contributed by atoms with van der Waals surface area (Å²) in [6.45, 7) is 0. The van der Waals surface area contributed by atoms with E-state index in [1.165, 1.54) is 19.2 Å². The molecule has 0 aliphatic carbocycles. The second kappa shape index (κ2) is 7.63. The van der Waals surface area contributed by atoms with Gasteiger partial charge in [0.1, 0.15) is 11.8 Å². The predicted octanol–water partition coefficient (Wildman–Crippen LogP) is 1.29. The monoisotopic (exact) mass is 359 g/mol. The molecule has 0 unspecified atom stereocenters. The quantitative estimate of drug-likeness (QED) is 0.659. The summed E-state index contributed by atoms with van der Waals surface area (Å²) in [5, 5.41) is 20.9. The lowest BCUT2D eigenvalue weighted by molar-refractivity contribution is -0.142. The molecule has 1 aromatic carbocycles.